The third kappa shape index (κ3) is 3.17. The van der Waals surface area contributed by atoms with Crippen molar-refractivity contribution in [1.82, 2.24) is 29.9 Å². The fourth-order valence-corrected chi connectivity index (χ4v) is 1.50. The quantitative estimate of drug-likeness (QED) is 0.404. The average Bonchev–Trinajstić information content (AvgIpc) is 2.88. The zero-order chi connectivity index (χ0) is 14.5. The minimum Gasteiger partial charge on any atom is -0.359 e. The summed E-state index contributed by atoms with van der Waals surface area (Å²) >= 11 is 4.62. The molecule has 0 amide bonds. The van der Waals surface area contributed by atoms with Gasteiger partial charge in [0.1, 0.15) is 4.64 Å². The fraction of sp³-hybridized carbons (Fsp3) is 0.100. The van der Waals surface area contributed by atoms with Crippen molar-refractivity contribution >= 4 is 29.3 Å². The van der Waals surface area contributed by atoms with Gasteiger partial charge in [0.2, 0.25) is 5.95 Å². The van der Waals surface area contributed by atoms with Crippen LogP contribution in [0.25, 0.3) is 11.2 Å². The Balaban J connectivity index is 0.000000160. The predicted molar refractivity (Wildman–Crippen MR) is 76.3 cm³/mol. The highest BCUT2D eigenvalue weighted by Gasteiger charge is 2.03. The number of imidazole rings is 1. The first-order valence-electron chi connectivity index (χ1n) is 5.49. The number of aromatic amines is 4. The normalized spacial score (nSPS) is 9.85. The van der Waals surface area contributed by atoms with E-state index in [9.17, 15) is 9.59 Å². The van der Waals surface area contributed by atoms with Crippen LogP contribution in [0.1, 0.15) is 0 Å². The molecule has 9 nitrogen and oxygen atoms in total. The highest BCUT2D eigenvalue weighted by atomic mass is 32.1. The number of anilines is 1. The summed E-state index contributed by atoms with van der Waals surface area (Å²) in [5.74, 6) is 0.416. The second-order valence-corrected chi connectivity index (χ2v) is 4.00. The van der Waals surface area contributed by atoms with Crippen LogP contribution in [-0.4, -0.2) is 37.0 Å². The molecule has 0 bridgehead atoms. The van der Waals surface area contributed by atoms with Crippen LogP contribution >= 0.6 is 12.2 Å². The molecule has 10 heteroatoms. The number of aromatic nitrogens is 6. The largest absolute Gasteiger partial charge is 0.359 e. The molecule has 0 saturated carbocycles. The lowest BCUT2D eigenvalue weighted by Gasteiger charge is -1.95. The predicted octanol–water partition coefficient (Wildman–Crippen LogP) is 0.120. The van der Waals surface area contributed by atoms with E-state index >= 15 is 0 Å². The third-order valence-corrected chi connectivity index (χ3v) is 2.46. The van der Waals surface area contributed by atoms with Gasteiger partial charge >= 0.3 is 5.69 Å². The summed E-state index contributed by atoms with van der Waals surface area (Å²) in [6.45, 7) is 0. The Labute approximate surface area is 116 Å². The number of nitrogens with one attached hydrogen (secondary N) is 5. The lowest BCUT2D eigenvalue weighted by molar-refractivity contribution is 1.06. The van der Waals surface area contributed by atoms with E-state index in [0.717, 1.165) is 0 Å². The number of hydrogen-bond acceptors (Lipinski definition) is 6. The van der Waals surface area contributed by atoms with Gasteiger partial charge in [-0.25, -0.2) is 9.78 Å². The summed E-state index contributed by atoms with van der Waals surface area (Å²) in [4.78, 5) is 39.4. The maximum absolute atomic E-state index is 11.2. The third-order valence-electron chi connectivity index (χ3n) is 2.22. The van der Waals surface area contributed by atoms with Crippen molar-refractivity contribution in [2.75, 3.05) is 12.4 Å². The maximum atomic E-state index is 11.2. The second kappa shape index (κ2) is 5.93. The molecule has 5 N–H and O–H groups in total. The molecule has 0 spiro atoms. The smallest absolute Gasteiger partial charge is 0.323 e. The Morgan fingerprint density at radius 3 is 2.65 bits per heavy atom. The minimum atomic E-state index is -0.266. The van der Waals surface area contributed by atoms with E-state index in [4.69, 9.17) is 0 Å². The van der Waals surface area contributed by atoms with Crippen molar-refractivity contribution in [3.05, 3.63) is 44.1 Å². The van der Waals surface area contributed by atoms with E-state index in [-0.39, 0.29) is 11.2 Å². The Morgan fingerprint density at radius 1 is 1.25 bits per heavy atom. The lowest BCUT2D eigenvalue weighted by Crippen LogP contribution is -2.11. The molecule has 20 heavy (non-hydrogen) atoms. The van der Waals surface area contributed by atoms with Gasteiger partial charge < -0.3 is 15.3 Å². The van der Waals surface area contributed by atoms with E-state index in [2.05, 4.69) is 47.4 Å². The van der Waals surface area contributed by atoms with Crippen molar-refractivity contribution in [3.8, 4) is 0 Å². The van der Waals surface area contributed by atoms with Crippen LogP contribution in [0.3, 0.4) is 0 Å². The molecule has 0 aliphatic heterocycles. The molecule has 0 aliphatic carbocycles. The summed E-state index contributed by atoms with van der Waals surface area (Å²) in [5, 5.41) is 2.73. The zero-order valence-corrected chi connectivity index (χ0v) is 11.2. The summed E-state index contributed by atoms with van der Waals surface area (Å²) in [6.07, 6.45) is 2.94. The Kier molecular flexibility index (Phi) is 4.05. The maximum Gasteiger partial charge on any atom is 0.323 e. The first-order valence-corrected chi connectivity index (χ1v) is 5.90. The molecule has 3 rings (SSSR count). The highest BCUT2D eigenvalue weighted by Crippen LogP contribution is 2.00. The second-order valence-electron chi connectivity index (χ2n) is 3.56. The fourth-order valence-electron chi connectivity index (χ4n) is 1.34. The van der Waals surface area contributed by atoms with Gasteiger partial charge in [0, 0.05) is 13.2 Å². The van der Waals surface area contributed by atoms with E-state index in [1.807, 2.05) is 0 Å². The number of fused-ring (bicyclic) bond motifs is 1. The Morgan fingerprint density at radius 2 is 2.05 bits per heavy atom. The summed E-state index contributed by atoms with van der Waals surface area (Å²) in [5.41, 5.74) is 0.330. The molecular formula is C10H11N7O2S. The van der Waals surface area contributed by atoms with E-state index in [0.29, 0.717) is 21.8 Å². The molecule has 3 heterocycles. The van der Waals surface area contributed by atoms with Gasteiger partial charge in [-0.2, -0.15) is 4.98 Å². The molecule has 0 unspecified atom stereocenters. The zero-order valence-electron chi connectivity index (χ0n) is 10.4. The SMILES string of the molecule is CNc1nc2nc[nH]c2c(=O)[nH]1.O=c1[nH]ccc(=S)[nH]1. The first kappa shape index (κ1) is 13.7. The van der Waals surface area contributed by atoms with Gasteiger partial charge in [-0.15, -0.1) is 0 Å². The average molecular weight is 293 g/mol. The van der Waals surface area contributed by atoms with Crippen molar-refractivity contribution < 1.29 is 0 Å². The van der Waals surface area contributed by atoms with Gasteiger partial charge in [-0.3, -0.25) is 14.8 Å². The van der Waals surface area contributed by atoms with Gasteiger partial charge in [-0.05, 0) is 6.07 Å². The number of nitrogens with zero attached hydrogens (tertiary/aromatic N) is 2. The Hall–Kier alpha value is -2.75. The van der Waals surface area contributed by atoms with Crippen molar-refractivity contribution in [1.29, 1.82) is 0 Å². The lowest BCUT2D eigenvalue weighted by atomic mass is 10.5. The van der Waals surface area contributed by atoms with E-state index in [1.165, 1.54) is 12.5 Å². The van der Waals surface area contributed by atoms with Crippen LogP contribution in [0.4, 0.5) is 5.95 Å². The standard InChI is InChI=1S/C6H7N5O.C4H4N2OS/c1-7-6-10-4-3(5(12)11-6)8-2-9-4;7-4-5-2-1-3(8)6-4/h2H,1H3,(H3,7,8,9,10,11,12);1-2H,(H2,5,6,7,8). The Bertz CT molecular complexity index is 850. The van der Waals surface area contributed by atoms with Gasteiger partial charge in [-0.1, -0.05) is 12.2 Å². The first-order chi connectivity index (χ1) is 9.60. The molecule has 104 valence electrons. The number of H-pyrrole nitrogens is 4. The number of rotatable bonds is 1. The summed E-state index contributed by atoms with van der Waals surface area (Å²) in [7, 11) is 1.68. The van der Waals surface area contributed by atoms with Gasteiger partial charge in [0.05, 0.1) is 6.33 Å². The van der Waals surface area contributed by atoms with Crippen LogP contribution in [-0.2, 0) is 0 Å². The van der Waals surface area contributed by atoms with Gasteiger partial charge in [0.15, 0.2) is 11.2 Å². The molecular weight excluding hydrogens is 282 g/mol. The molecule has 0 fully saturated rings. The summed E-state index contributed by atoms with van der Waals surface area (Å²) in [6, 6.07) is 1.61. The molecule has 0 radical (unpaired) electrons. The molecule has 0 aliphatic rings. The molecule has 0 atom stereocenters. The van der Waals surface area contributed by atoms with Crippen LogP contribution in [0.15, 0.2) is 28.2 Å². The van der Waals surface area contributed by atoms with Crippen molar-refractivity contribution in [2.45, 2.75) is 0 Å². The number of hydrogen-bond donors (Lipinski definition) is 5. The van der Waals surface area contributed by atoms with Crippen LogP contribution in [0, 0.1) is 4.64 Å². The summed E-state index contributed by atoms with van der Waals surface area (Å²) < 4.78 is 0.453. The highest BCUT2D eigenvalue weighted by molar-refractivity contribution is 7.71. The van der Waals surface area contributed by atoms with Gasteiger partial charge in [0.25, 0.3) is 5.56 Å². The van der Waals surface area contributed by atoms with Crippen LogP contribution in [0.2, 0.25) is 0 Å². The van der Waals surface area contributed by atoms with Crippen molar-refractivity contribution in [2.24, 2.45) is 0 Å². The molecule has 0 saturated heterocycles. The van der Waals surface area contributed by atoms with E-state index < -0.39 is 0 Å². The van der Waals surface area contributed by atoms with Crippen molar-refractivity contribution in [3.63, 3.8) is 0 Å². The van der Waals surface area contributed by atoms with Crippen LogP contribution in [0.5, 0.6) is 0 Å². The topological polar surface area (TPSA) is 135 Å². The van der Waals surface area contributed by atoms with E-state index in [1.54, 1.807) is 13.1 Å². The monoisotopic (exact) mass is 293 g/mol. The minimum absolute atomic E-state index is 0.221. The molecule has 0 aromatic carbocycles. The molecule has 3 aromatic heterocycles. The van der Waals surface area contributed by atoms with Crippen LogP contribution < -0.4 is 16.6 Å². The molecule has 3 aromatic rings.